The number of rotatable bonds is 4. The summed E-state index contributed by atoms with van der Waals surface area (Å²) >= 11 is 1.59. The molecule has 0 radical (unpaired) electrons. The molecule has 1 aliphatic carbocycles. The van der Waals surface area contributed by atoms with Gasteiger partial charge < -0.3 is 9.88 Å². The number of carbonyl (C=O) groups excluding carboxylic acids is 1. The smallest absolute Gasteiger partial charge is 0.265 e. The van der Waals surface area contributed by atoms with E-state index in [2.05, 4.69) is 45.2 Å². The summed E-state index contributed by atoms with van der Waals surface area (Å²) in [7, 11) is 0. The molecule has 1 aliphatic rings. The molecule has 0 aliphatic heterocycles. The molecule has 5 rings (SSSR count). The number of carbonyl (C=O) groups is 1. The third-order valence-corrected chi connectivity index (χ3v) is 6.66. The van der Waals surface area contributed by atoms with Crippen LogP contribution in [0.3, 0.4) is 0 Å². The number of thiophene rings is 1. The van der Waals surface area contributed by atoms with E-state index in [0.29, 0.717) is 0 Å². The van der Waals surface area contributed by atoms with E-state index in [9.17, 15) is 4.79 Å². The van der Waals surface area contributed by atoms with Gasteiger partial charge in [-0.3, -0.25) is 4.79 Å². The lowest BCUT2D eigenvalue weighted by Crippen LogP contribution is -2.10. The van der Waals surface area contributed by atoms with Crippen LogP contribution in [0.5, 0.6) is 0 Å². The number of hydrogen-bond acceptors (Lipinski definition) is 3. The number of aromatic nitrogens is 2. The summed E-state index contributed by atoms with van der Waals surface area (Å²) in [6, 6.07) is 18.6. The molecular formula is C24H21N3OS. The lowest BCUT2D eigenvalue weighted by Gasteiger charge is -2.15. The van der Waals surface area contributed by atoms with Crippen LogP contribution in [0.1, 0.15) is 32.2 Å². The number of nitrogens with zero attached hydrogens (tertiary/aromatic N) is 2. The zero-order valence-electron chi connectivity index (χ0n) is 16.2. The summed E-state index contributed by atoms with van der Waals surface area (Å²) in [4.78, 5) is 19.1. The quantitative estimate of drug-likeness (QED) is 0.505. The van der Waals surface area contributed by atoms with Crippen molar-refractivity contribution in [3.8, 4) is 10.4 Å². The molecule has 1 N–H and O–H groups in total. The van der Waals surface area contributed by atoms with Gasteiger partial charge >= 0.3 is 0 Å². The normalized spacial score (nSPS) is 12.3. The molecule has 144 valence electrons. The van der Waals surface area contributed by atoms with E-state index in [1.54, 1.807) is 11.3 Å². The molecule has 0 unspecified atom stereocenters. The molecule has 0 fully saturated rings. The number of imidazole rings is 1. The highest BCUT2D eigenvalue weighted by molar-refractivity contribution is 7.17. The van der Waals surface area contributed by atoms with E-state index in [0.717, 1.165) is 35.8 Å². The van der Waals surface area contributed by atoms with Crippen molar-refractivity contribution in [1.82, 2.24) is 9.55 Å². The lowest BCUT2D eigenvalue weighted by molar-refractivity contribution is 0.103. The first-order valence-electron chi connectivity index (χ1n) is 9.76. The number of anilines is 1. The van der Waals surface area contributed by atoms with E-state index >= 15 is 0 Å². The average molecular weight is 400 g/mol. The van der Waals surface area contributed by atoms with Gasteiger partial charge in [-0.1, -0.05) is 36.4 Å². The van der Waals surface area contributed by atoms with Gasteiger partial charge in [-0.25, -0.2) is 4.98 Å². The molecule has 5 heteroatoms. The third kappa shape index (κ3) is 3.49. The summed E-state index contributed by atoms with van der Waals surface area (Å²) in [6.07, 6.45) is 5.82. The van der Waals surface area contributed by atoms with Gasteiger partial charge in [-0.05, 0) is 60.2 Å². The van der Waals surface area contributed by atoms with Crippen molar-refractivity contribution in [1.29, 1.82) is 0 Å². The number of amides is 1. The van der Waals surface area contributed by atoms with Crippen molar-refractivity contribution < 1.29 is 4.79 Å². The molecule has 0 saturated heterocycles. The highest BCUT2D eigenvalue weighted by atomic mass is 32.1. The fraction of sp³-hybridized carbons (Fsp3) is 0.167. The molecule has 0 bridgehead atoms. The minimum atomic E-state index is -0.0416. The Morgan fingerprint density at radius 1 is 1.10 bits per heavy atom. The molecule has 2 heterocycles. The van der Waals surface area contributed by atoms with Gasteiger partial charge in [-0.15, -0.1) is 11.3 Å². The van der Waals surface area contributed by atoms with Crippen LogP contribution < -0.4 is 5.32 Å². The van der Waals surface area contributed by atoms with Gasteiger partial charge in [0.05, 0.1) is 4.88 Å². The average Bonchev–Trinajstić information content (AvgIpc) is 3.36. The van der Waals surface area contributed by atoms with Crippen LogP contribution in [0, 0.1) is 6.92 Å². The fourth-order valence-corrected chi connectivity index (χ4v) is 5.00. The van der Waals surface area contributed by atoms with Gasteiger partial charge in [0.2, 0.25) is 0 Å². The summed E-state index contributed by atoms with van der Waals surface area (Å²) in [5, 5.41) is 3.04. The van der Waals surface area contributed by atoms with Crippen molar-refractivity contribution in [2.75, 3.05) is 5.32 Å². The Balaban J connectivity index is 1.31. The van der Waals surface area contributed by atoms with Crippen LogP contribution in [-0.4, -0.2) is 15.5 Å². The van der Waals surface area contributed by atoms with Crippen LogP contribution >= 0.6 is 11.3 Å². The minimum absolute atomic E-state index is 0.0416. The van der Waals surface area contributed by atoms with Crippen LogP contribution in [0.4, 0.5) is 5.69 Å². The van der Waals surface area contributed by atoms with Gasteiger partial charge in [-0.2, -0.15) is 0 Å². The Bertz CT molecular complexity index is 1190. The van der Waals surface area contributed by atoms with Crippen LogP contribution in [0.15, 0.2) is 67.0 Å². The highest BCUT2D eigenvalue weighted by Crippen LogP contribution is 2.39. The molecule has 0 spiro atoms. The molecule has 2 aromatic heterocycles. The first-order chi connectivity index (χ1) is 14.2. The molecule has 4 nitrogen and oxygen atoms in total. The van der Waals surface area contributed by atoms with Gasteiger partial charge in [0.15, 0.2) is 0 Å². The largest absolute Gasteiger partial charge is 0.331 e. The number of hydrogen-bond donors (Lipinski definition) is 1. The lowest BCUT2D eigenvalue weighted by atomic mass is 9.91. The predicted octanol–water partition coefficient (Wildman–Crippen LogP) is 5.32. The maximum absolute atomic E-state index is 12.8. The fourth-order valence-electron chi connectivity index (χ4n) is 3.84. The maximum Gasteiger partial charge on any atom is 0.265 e. The Morgan fingerprint density at radius 3 is 2.69 bits per heavy atom. The molecule has 1 amide bonds. The van der Waals surface area contributed by atoms with Crippen LogP contribution in [-0.2, 0) is 19.4 Å². The van der Waals surface area contributed by atoms with E-state index in [1.807, 2.05) is 43.6 Å². The molecular weight excluding hydrogens is 378 g/mol. The van der Waals surface area contributed by atoms with E-state index in [-0.39, 0.29) is 5.91 Å². The summed E-state index contributed by atoms with van der Waals surface area (Å²) in [5.74, 6) is 0.950. The second-order valence-corrected chi connectivity index (χ2v) is 8.43. The Labute approximate surface area is 173 Å². The number of benzene rings is 2. The van der Waals surface area contributed by atoms with Crippen molar-refractivity contribution in [3.05, 3.63) is 94.4 Å². The maximum atomic E-state index is 12.8. The van der Waals surface area contributed by atoms with Crippen molar-refractivity contribution in [2.45, 2.75) is 26.3 Å². The van der Waals surface area contributed by atoms with Crippen molar-refractivity contribution in [3.63, 3.8) is 0 Å². The molecule has 4 aromatic rings. The second kappa shape index (κ2) is 7.33. The van der Waals surface area contributed by atoms with Gasteiger partial charge in [0.1, 0.15) is 5.82 Å². The predicted molar refractivity (Wildman–Crippen MR) is 118 cm³/mol. The second-order valence-electron chi connectivity index (χ2n) is 7.38. The molecule has 0 saturated carbocycles. The van der Waals surface area contributed by atoms with Gasteiger partial charge in [0, 0.05) is 29.5 Å². The van der Waals surface area contributed by atoms with Crippen LogP contribution in [0.25, 0.3) is 10.4 Å². The Morgan fingerprint density at radius 2 is 1.90 bits per heavy atom. The zero-order chi connectivity index (χ0) is 19.8. The van der Waals surface area contributed by atoms with Crippen molar-refractivity contribution >= 4 is 22.9 Å². The molecule has 2 aromatic carbocycles. The Hall–Kier alpha value is -3.18. The first kappa shape index (κ1) is 17.9. The molecule has 29 heavy (non-hydrogen) atoms. The van der Waals surface area contributed by atoms with Crippen molar-refractivity contribution in [2.24, 2.45) is 0 Å². The number of nitrogens with one attached hydrogen (secondary N) is 1. The van der Waals surface area contributed by atoms with E-state index in [4.69, 9.17) is 0 Å². The summed E-state index contributed by atoms with van der Waals surface area (Å²) < 4.78 is 2.10. The monoisotopic (exact) mass is 399 g/mol. The van der Waals surface area contributed by atoms with E-state index < -0.39 is 0 Å². The first-order valence-corrected chi connectivity index (χ1v) is 10.6. The summed E-state index contributed by atoms with van der Waals surface area (Å²) in [5.41, 5.74) is 5.92. The Kier molecular flexibility index (Phi) is 4.52. The highest BCUT2D eigenvalue weighted by Gasteiger charge is 2.21. The molecule has 0 atom stereocenters. The van der Waals surface area contributed by atoms with E-state index in [1.165, 1.54) is 27.1 Å². The van der Waals surface area contributed by atoms with Crippen LogP contribution in [0.2, 0.25) is 0 Å². The van der Waals surface area contributed by atoms with Gasteiger partial charge in [0.25, 0.3) is 5.91 Å². The topological polar surface area (TPSA) is 46.9 Å². The third-order valence-electron chi connectivity index (χ3n) is 5.45. The number of aryl methyl sites for hydroxylation is 3. The summed E-state index contributed by atoms with van der Waals surface area (Å²) in [6.45, 7) is 2.77. The number of fused-ring (bicyclic) bond motifs is 3. The minimum Gasteiger partial charge on any atom is -0.331 e. The SMILES string of the molecule is Cc1nccn1Cc1ccc(NC(=O)c2cc3c(s2)-c2ccccc2CC3)cc1. The standard InChI is InChI=1S/C24H21N3OS/c1-16-25-12-13-27(16)15-17-6-10-20(11-7-17)26-24(28)22-14-19-9-8-18-4-2-3-5-21(18)23(19)29-22/h2-7,10-14H,8-9,15H2,1H3,(H,26,28). The zero-order valence-corrected chi connectivity index (χ0v) is 17.0.